The lowest BCUT2D eigenvalue weighted by Crippen LogP contribution is -2.22. The summed E-state index contributed by atoms with van der Waals surface area (Å²) in [7, 11) is 2.15. The number of rotatable bonds is 6. The van der Waals surface area contributed by atoms with Crippen LogP contribution in [0.4, 0.5) is 5.69 Å². The van der Waals surface area contributed by atoms with Gasteiger partial charge in [-0.25, -0.2) is 0 Å². The Kier molecular flexibility index (Phi) is 5.43. The minimum absolute atomic E-state index is 0.688. The van der Waals surface area contributed by atoms with E-state index in [0.29, 0.717) is 6.54 Å². The number of nitrogens with zero attached hydrogens (tertiary/aromatic N) is 1. The van der Waals surface area contributed by atoms with Gasteiger partial charge in [0.15, 0.2) is 0 Å². The van der Waals surface area contributed by atoms with Crippen LogP contribution in [0.1, 0.15) is 10.4 Å². The molecule has 1 aromatic heterocycles. The Morgan fingerprint density at radius 2 is 2.11 bits per heavy atom. The van der Waals surface area contributed by atoms with Crippen LogP contribution < -0.4 is 10.6 Å². The van der Waals surface area contributed by atoms with Gasteiger partial charge in [0.2, 0.25) is 0 Å². The van der Waals surface area contributed by atoms with E-state index in [-0.39, 0.29) is 0 Å². The van der Waals surface area contributed by atoms with Gasteiger partial charge >= 0.3 is 0 Å². The van der Waals surface area contributed by atoms with E-state index in [4.69, 9.17) is 5.73 Å². The summed E-state index contributed by atoms with van der Waals surface area (Å²) < 4.78 is 1.12. The summed E-state index contributed by atoms with van der Waals surface area (Å²) in [6, 6.07) is 10.7. The van der Waals surface area contributed by atoms with Crippen LogP contribution in [0.2, 0.25) is 0 Å². The van der Waals surface area contributed by atoms with Crippen molar-refractivity contribution in [3.8, 4) is 0 Å². The van der Waals surface area contributed by atoms with Crippen molar-refractivity contribution < 1.29 is 0 Å². The molecule has 0 saturated heterocycles. The van der Waals surface area contributed by atoms with Crippen molar-refractivity contribution >= 4 is 33.0 Å². The standard InChI is InChI=1S/C15H19BrN2S/c1-18(9-7-14-3-2-10-19-14)15-11-13(16)5-4-12(15)6-8-17/h2-5,10-11H,6-9,17H2,1H3. The maximum atomic E-state index is 5.69. The molecule has 1 heterocycles. The molecular weight excluding hydrogens is 320 g/mol. The van der Waals surface area contributed by atoms with Crippen LogP contribution in [0, 0.1) is 0 Å². The Morgan fingerprint density at radius 1 is 1.26 bits per heavy atom. The molecule has 0 spiro atoms. The average Bonchev–Trinajstić information content (AvgIpc) is 2.91. The van der Waals surface area contributed by atoms with E-state index in [1.165, 1.54) is 16.1 Å². The predicted molar refractivity (Wildman–Crippen MR) is 88.2 cm³/mol. The van der Waals surface area contributed by atoms with Crippen LogP contribution in [0.25, 0.3) is 0 Å². The number of halogens is 1. The molecule has 0 aliphatic carbocycles. The molecule has 2 aromatic rings. The molecule has 0 amide bonds. The topological polar surface area (TPSA) is 29.3 Å². The highest BCUT2D eigenvalue weighted by Gasteiger charge is 2.08. The van der Waals surface area contributed by atoms with Crippen molar-refractivity contribution in [3.63, 3.8) is 0 Å². The maximum Gasteiger partial charge on any atom is 0.0408 e. The molecule has 0 bridgehead atoms. The van der Waals surface area contributed by atoms with Crippen molar-refractivity contribution in [3.05, 3.63) is 50.6 Å². The molecule has 1 aromatic carbocycles. The minimum atomic E-state index is 0.688. The fraction of sp³-hybridized carbons (Fsp3) is 0.333. The lowest BCUT2D eigenvalue weighted by Gasteiger charge is -2.22. The van der Waals surface area contributed by atoms with E-state index in [1.54, 1.807) is 0 Å². The van der Waals surface area contributed by atoms with Crippen LogP contribution in [-0.4, -0.2) is 20.1 Å². The quantitative estimate of drug-likeness (QED) is 0.870. The first-order valence-electron chi connectivity index (χ1n) is 6.42. The molecule has 2 rings (SSSR count). The normalized spacial score (nSPS) is 10.7. The van der Waals surface area contributed by atoms with E-state index in [1.807, 2.05) is 11.3 Å². The smallest absolute Gasteiger partial charge is 0.0408 e. The van der Waals surface area contributed by atoms with E-state index < -0.39 is 0 Å². The fourth-order valence-electron chi connectivity index (χ4n) is 2.11. The third-order valence-electron chi connectivity index (χ3n) is 3.15. The summed E-state index contributed by atoms with van der Waals surface area (Å²) in [6.45, 7) is 1.71. The number of hydrogen-bond donors (Lipinski definition) is 1. The molecule has 2 nitrogen and oxygen atoms in total. The second kappa shape index (κ2) is 7.08. The number of nitrogens with two attached hydrogens (primary N) is 1. The average molecular weight is 339 g/mol. The van der Waals surface area contributed by atoms with E-state index in [9.17, 15) is 0 Å². The molecule has 0 atom stereocenters. The van der Waals surface area contributed by atoms with Crippen molar-refractivity contribution in [2.45, 2.75) is 12.8 Å². The lowest BCUT2D eigenvalue weighted by atomic mass is 10.1. The molecule has 0 radical (unpaired) electrons. The summed E-state index contributed by atoms with van der Waals surface area (Å²) in [5.41, 5.74) is 8.28. The number of benzene rings is 1. The first-order chi connectivity index (χ1) is 9.20. The summed E-state index contributed by atoms with van der Waals surface area (Å²) >= 11 is 5.37. The third-order valence-corrected chi connectivity index (χ3v) is 4.58. The Morgan fingerprint density at radius 3 is 2.79 bits per heavy atom. The number of hydrogen-bond acceptors (Lipinski definition) is 3. The molecule has 4 heteroatoms. The summed E-state index contributed by atoms with van der Waals surface area (Å²) in [6.07, 6.45) is 2.01. The zero-order valence-electron chi connectivity index (χ0n) is 11.1. The van der Waals surface area contributed by atoms with Gasteiger partial charge in [0.1, 0.15) is 0 Å². The highest BCUT2D eigenvalue weighted by molar-refractivity contribution is 9.10. The van der Waals surface area contributed by atoms with Gasteiger partial charge in [0.05, 0.1) is 0 Å². The minimum Gasteiger partial charge on any atom is -0.374 e. The molecule has 0 aliphatic heterocycles. The number of thiophene rings is 1. The lowest BCUT2D eigenvalue weighted by molar-refractivity contribution is 0.868. The molecular formula is C15H19BrN2S. The Hall–Kier alpha value is -0.840. The molecule has 0 aliphatic rings. The summed E-state index contributed by atoms with van der Waals surface area (Å²) in [5.74, 6) is 0. The monoisotopic (exact) mass is 338 g/mol. The van der Waals surface area contributed by atoms with Gasteiger partial charge in [-0.2, -0.15) is 0 Å². The van der Waals surface area contributed by atoms with Crippen molar-refractivity contribution in [2.75, 3.05) is 25.0 Å². The second-order valence-electron chi connectivity index (χ2n) is 4.56. The van der Waals surface area contributed by atoms with Gasteiger partial charge in [0, 0.05) is 28.6 Å². The highest BCUT2D eigenvalue weighted by atomic mass is 79.9. The van der Waals surface area contributed by atoms with Gasteiger partial charge in [-0.1, -0.05) is 28.1 Å². The number of anilines is 1. The zero-order chi connectivity index (χ0) is 13.7. The maximum absolute atomic E-state index is 5.69. The zero-order valence-corrected chi connectivity index (χ0v) is 13.5. The van der Waals surface area contributed by atoms with Crippen LogP contribution in [-0.2, 0) is 12.8 Å². The molecule has 0 saturated carbocycles. The molecule has 19 heavy (non-hydrogen) atoms. The van der Waals surface area contributed by atoms with Crippen LogP contribution in [0.5, 0.6) is 0 Å². The second-order valence-corrected chi connectivity index (χ2v) is 6.51. The molecule has 2 N–H and O–H groups in total. The van der Waals surface area contributed by atoms with E-state index >= 15 is 0 Å². The first kappa shape index (κ1) is 14.6. The third kappa shape index (κ3) is 4.06. The Bertz CT molecular complexity index is 511. The summed E-state index contributed by atoms with van der Waals surface area (Å²) in [5, 5.41) is 2.13. The van der Waals surface area contributed by atoms with Gasteiger partial charge in [-0.3, -0.25) is 0 Å². The largest absolute Gasteiger partial charge is 0.374 e. The fourth-order valence-corrected chi connectivity index (χ4v) is 3.16. The predicted octanol–water partition coefficient (Wildman–Crippen LogP) is 3.69. The Labute approximate surface area is 127 Å². The van der Waals surface area contributed by atoms with Crippen molar-refractivity contribution in [2.24, 2.45) is 5.73 Å². The molecule has 0 unspecified atom stereocenters. The SMILES string of the molecule is CN(CCc1cccs1)c1cc(Br)ccc1CCN. The number of likely N-dealkylation sites (N-methyl/N-ethyl adjacent to an activating group) is 1. The van der Waals surface area contributed by atoms with Crippen LogP contribution >= 0.6 is 27.3 Å². The van der Waals surface area contributed by atoms with Crippen LogP contribution in [0.3, 0.4) is 0 Å². The van der Waals surface area contributed by atoms with Crippen molar-refractivity contribution in [1.82, 2.24) is 0 Å². The van der Waals surface area contributed by atoms with E-state index in [0.717, 1.165) is 23.9 Å². The van der Waals surface area contributed by atoms with Gasteiger partial charge in [-0.05, 0) is 48.5 Å². The van der Waals surface area contributed by atoms with Crippen molar-refractivity contribution in [1.29, 1.82) is 0 Å². The van der Waals surface area contributed by atoms with Gasteiger partial charge < -0.3 is 10.6 Å². The first-order valence-corrected chi connectivity index (χ1v) is 8.10. The van der Waals surface area contributed by atoms with Crippen LogP contribution in [0.15, 0.2) is 40.2 Å². The van der Waals surface area contributed by atoms with Gasteiger partial charge in [-0.15, -0.1) is 11.3 Å². The van der Waals surface area contributed by atoms with E-state index in [2.05, 4.69) is 63.6 Å². The highest BCUT2D eigenvalue weighted by Crippen LogP contribution is 2.25. The molecule has 0 fully saturated rings. The Balaban J connectivity index is 2.08. The molecule has 102 valence electrons. The summed E-state index contributed by atoms with van der Waals surface area (Å²) in [4.78, 5) is 3.75. The van der Waals surface area contributed by atoms with Gasteiger partial charge in [0.25, 0.3) is 0 Å².